The maximum atomic E-state index is 12.1. The van der Waals surface area contributed by atoms with Gasteiger partial charge in [0.15, 0.2) is 15.9 Å². The number of carbonyl (C=O) groups excluding carboxylic acids is 2. The van der Waals surface area contributed by atoms with Crippen LogP contribution in [-0.4, -0.2) is 43.9 Å². The van der Waals surface area contributed by atoms with Crippen molar-refractivity contribution in [2.45, 2.75) is 25.5 Å². The van der Waals surface area contributed by atoms with Gasteiger partial charge in [-0.15, -0.1) is 0 Å². The third-order valence-electron chi connectivity index (χ3n) is 3.55. The summed E-state index contributed by atoms with van der Waals surface area (Å²) >= 11 is 11.7. The standard InChI is InChI=1S/C14H16Cl2N2O5S/c1-7(13(19)18-9-2-3-24(21,22)6-9)23-14(20)10-4-8(15)5-11(16)12(10)17/h4-5,7,9H,2-3,6,17H2,1H3,(H,18,19)/t7-,9+/m1/s1. The Labute approximate surface area is 149 Å². The van der Waals surface area contributed by atoms with Gasteiger partial charge in [-0.25, -0.2) is 13.2 Å². The number of hydrogen-bond donors (Lipinski definition) is 2. The quantitative estimate of drug-likeness (QED) is 0.589. The van der Waals surface area contributed by atoms with Gasteiger partial charge in [0.1, 0.15) is 0 Å². The number of carbonyl (C=O) groups is 2. The molecule has 1 aromatic carbocycles. The average Bonchev–Trinajstić information content (AvgIpc) is 2.81. The first-order chi connectivity index (χ1) is 11.1. The maximum absolute atomic E-state index is 12.1. The number of halogens is 2. The number of hydrogen-bond acceptors (Lipinski definition) is 6. The minimum Gasteiger partial charge on any atom is -0.449 e. The summed E-state index contributed by atoms with van der Waals surface area (Å²) in [6, 6.07) is 2.19. The van der Waals surface area contributed by atoms with Gasteiger partial charge in [-0.1, -0.05) is 23.2 Å². The SMILES string of the molecule is C[C@@H](OC(=O)c1cc(Cl)cc(Cl)c1N)C(=O)N[C@H]1CCS(=O)(=O)C1. The predicted molar refractivity (Wildman–Crippen MR) is 91.0 cm³/mol. The number of nitrogen functional groups attached to an aromatic ring is 1. The first kappa shape index (κ1) is 18.8. The molecule has 2 atom stereocenters. The Bertz CT molecular complexity index is 782. The fraction of sp³-hybridized carbons (Fsp3) is 0.429. The number of amides is 1. The predicted octanol–water partition coefficient (Wildman–Crippen LogP) is 1.42. The van der Waals surface area contributed by atoms with Crippen LogP contribution in [0, 0.1) is 0 Å². The highest BCUT2D eigenvalue weighted by Crippen LogP contribution is 2.28. The third kappa shape index (κ3) is 4.52. The molecule has 10 heteroatoms. The lowest BCUT2D eigenvalue weighted by Crippen LogP contribution is -2.42. The molecule has 0 aromatic heterocycles. The Kier molecular flexibility index (Phi) is 5.62. The second-order valence-corrected chi connectivity index (χ2v) is 8.58. The molecule has 24 heavy (non-hydrogen) atoms. The van der Waals surface area contributed by atoms with Gasteiger partial charge < -0.3 is 15.8 Å². The monoisotopic (exact) mass is 394 g/mol. The van der Waals surface area contributed by atoms with E-state index in [-0.39, 0.29) is 32.8 Å². The van der Waals surface area contributed by atoms with Crippen molar-refractivity contribution in [2.24, 2.45) is 0 Å². The fourth-order valence-electron chi connectivity index (χ4n) is 2.26. The van der Waals surface area contributed by atoms with Crippen LogP contribution in [0.15, 0.2) is 12.1 Å². The van der Waals surface area contributed by atoms with Gasteiger partial charge in [-0.05, 0) is 25.5 Å². The zero-order valence-corrected chi connectivity index (χ0v) is 15.0. The molecule has 3 N–H and O–H groups in total. The topological polar surface area (TPSA) is 116 Å². The number of nitrogens with one attached hydrogen (secondary N) is 1. The largest absolute Gasteiger partial charge is 0.449 e. The molecule has 0 unspecified atom stereocenters. The first-order valence-corrected chi connectivity index (χ1v) is 9.63. The lowest BCUT2D eigenvalue weighted by molar-refractivity contribution is -0.129. The summed E-state index contributed by atoms with van der Waals surface area (Å²) in [6.45, 7) is 1.37. The van der Waals surface area contributed by atoms with Crippen molar-refractivity contribution in [2.75, 3.05) is 17.2 Å². The molecular formula is C14H16Cl2N2O5S. The number of anilines is 1. The van der Waals surface area contributed by atoms with Gasteiger partial charge in [0, 0.05) is 11.1 Å². The molecule has 1 saturated heterocycles. The summed E-state index contributed by atoms with van der Waals surface area (Å²) in [5, 5.41) is 2.85. The summed E-state index contributed by atoms with van der Waals surface area (Å²) in [5.74, 6) is -1.52. The number of esters is 1. The third-order valence-corrected chi connectivity index (χ3v) is 5.84. The van der Waals surface area contributed by atoms with Crippen LogP contribution in [0.2, 0.25) is 10.0 Å². The zero-order valence-electron chi connectivity index (χ0n) is 12.7. The van der Waals surface area contributed by atoms with Crippen LogP contribution in [0.5, 0.6) is 0 Å². The maximum Gasteiger partial charge on any atom is 0.341 e. The molecule has 7 nitrogen and oxygen atoms in total. The highest BCUT2D eigenvalue weighted by molar-refractivity contribution is 7.91. The molecule has 0 saturated carbocycles. The number of nitrogens with two attached hydrogens (primary N) is 1. The number of rotatable bonds is 4. The first-order valence-electron chi connectivity index (χ1n) is 7.05. The van der Waals surface area contributed by atoms with E-state index in [0.717, 1.165) is 0 Å². The number of benzene rings is 1. The van der Waals surface area contributed by atoms with Gasteiger partial charge in [0.25, 0.3) is 5.91 Å². The minimum absolute atomic E-state index is 0.000520. The molecule has 0 bridgehead atoms. The molecule has 1 heterocycles. The van der Waals surface area contributed by atoms with Crippen molar-refractivity contribution in [1.82, 2.24) is 5.32 Å². The highest BCUT2D eigenvalue weighted by atomic mass is 35.5. The van der Waals surface area contributed by atoms with Crippen molar-refractivity contribution in [3.05, 3.63) is 27.7 Å². The Morgan fingerprint density at radius 2 is 2.04 bits per heavy atom. The minimum atomic E-state index is -3.12. The van der Waals surface area contributed by atoms with Crippen LogP contribution >= 0.6 is 23.2 Å². The summed E-state index contributed by atoms with van der Waals surface area (Å²) in [4.78, 5) is 24.2. The molecule has 0 radical (unpaired) electrons. The number of sulfone groups is 1. The van der Waals surface area contributed by atoms with Crippen LogP contribution in [-0.2, 0) is 19.4 Å². The van der Waals surface area contributed by atoms with Crippen LogP contribution in [0.1, 0.15) is 23.7 Å². The summed E-state index contributed by atoms with van der Waals surface area (Å²) < 4.78 is 27.8. The molecule has 0 aliphatic carbocycles. The van der Waals surface area contributed by atoms with E-state index < -0.39 is 33.9 Å². The van der Waals surface area contributed by atoms with Crippen LogP contribution in [0.4, 0.5) is 5.69 Å². The molecule has 1 aromatic rings. The Hall–Kier alpha value is -1.51. The van der Waals surface area contributed by atoms with Gasteiger partial charge in [0.2, 0.25) is 0 Å². The molecule has 1 amide bonds. The second-order valence-electron chi connectivity index (χ2n) is 5.50. The van der Waals surface area contributed by atoms with E-state index in [1.54, 1.807) is 0 Å². The van der Waals surface area contributed by atoms with Crippen molar-refractivity contribution in [3.8, 4) is 0 Å². The summed E-state index contributed by atoms with van der Waals surface area (Å²) in [7, 11) is -3.12. The van der Waals surface area contributed by atoms with Gasteiger partial charge in [-0.3, -0.25) is 4.79 Å². The van der Waals surface area contributed by atoms with E-state index in [0.29, 0.717) is 6.42 Å². The molecule has 0 spiro atoms. The molecule has 132 valence electrons. The van der Waals surface area contributed by atoms with Crippen molar-refractivity contribution in [1.29, 1.82) is 0 Å². The van der Waals surface area contributed by atoms with Crippen LogP contribution < -0.4 is 11.1 Å². The van der Waals surface area contributed by atoms with Crippen molar-refractivity contribution >= 4 is 50.6 Å². The Morgan fingerprint density at radius 1 is 1.38 bits per heavy atom. The zero-order chi connectivity index (χ0) is 18.1. The van der Waals surface area contributed by atoms with Gasteiger partial charge in [0.05, 0.1) is 27.8 Å². The molecule has 1 aliphatic heterocycles. The van der Waals surface area contributed by atoms with E-state index >= 15 is 0 Å². The second kappa shape index (κ2) is 7.16. The van der Waals surface area contributed by atoms with E-state index in [2.05, 4.69) is 5.32 Å². The number of ether oxygens (including phenoxy) is 1. The van der Waals surface area contributed by atoms with E-state index in [9.17, 15) is 18.0 Å². The molecule has 2 rings (SSSR count). The van der Waals surface area contributed by atoms with Crippen LogP contribution in [0.25, 0.3) is 0 Å². The Balaban J connectivity index is 2.00. The van der Waals surface area contributed by atoms with E-state index in [4.69, 9.17) is 33.7 Å². The van der Waals surface area contributed by atoms with Gasteiger partial charge in [-0.2, -0.15) is 0 Å². The van der Waals surface area contributed by atoms with Crippen LogP contribution in [0.3, 0.4) is 0 Å². The Morgan fingerprint density at radius 3 is 2.62 bits per heavy atom. The fourth-order valence-corrected chi connectivity index (χ4v) is 4.43. The van der Waals surface area contributed by atoms with Crippen molar-refractivity contribution < 1.29 is 22.7 Å². The highest BCUT2D eigenvalue weighted by Gasteiger charge is 2.31. The smallest absolute Gasteiger partial charge is 0.341 e. The van der Waals surface area contributed by atoms with E-state index in [1.807, 2.05) is 0 Å². The molecule has 1 fully saturated rings. The summed E-state index contributed by atoms with van der Waals surface area (Å²) in [6.07, 6.45) is -0.788. The summed E-state index contributed by atoms with van der Waals surface area (Å²) in [5.41, 5.74) is 5.66. The lowest BCUT2D eigenvalue weighted by atomic mass is 10.2. The average molecular weight is 395 g/mol. The molecular weight excluding hydrogens is 379 g/mol. The lowest BCUT2D eigenvalue weighted by Gasteiger charge is -2.17. The van der Waals surface area contributed by atoms with E-state index in [1.165, 1.54) is 19.1 Å². The normalized spacial score (nSPS) is 20.4. The van der Waals surface area contributed by atoms with Crippen molar-refractivity contribution in [3.63, 3.8) is 0 Å². The molecule has 1 aliphatic rings. The van der Waals surface area contributed by atoms with Gasteiger partial charge >= 0.3 is 5.97 Å².